The van der Waals surface area contributed by atoms with Crippen LogP contribution in [0.4, 0.5) is 0 Å². The zero-order valence-corrected chi connectivity index (χ0v) is 12.3. The van der Waals surface area contributed by atoms with Crippen LogP contribution < -0.4 is 5.32 Å². The molecule has 2 fully saturated rings. The van der Waals surface area contributed by atoms with Gasteiger partial charge in [-0.3, -0.25) is 4.68 Å². The van der Waals surface area contributed by atoms with Crippen LogP contribution in [0, 0.1) is 5.92 Å². The maximum Gasteiger partial charge on any atom is 0.262 e. The second kappa shape index (κ2) is 4.73. The van der Waals surface area contributed by atoms with E-state index in [0.717, 1.165) is 25.9 Å². The molecule has 1 N–H and O–H groups in total. The molecule has 1 aromatic rings. The molecule has 19 heavy (non-hydrogen) atoms. The molecule has 8 heteroatoms. The van der Waals surface area contributed by atoms with Crippen molar-refractivity contribution in [3.63, 3.8) is 0 Å². The van der Waals surface area contributed by atoms with E-state index in [1.807, 2.05) is 0 Å². The molecule has 0 aliphatic carbocycles. The summed E-state index contributed by atoms with van der Waals surface area (Å²) in [7, 11) is -1.97. The Kier molecular flexibility index (Phi) is 3.33. The van der Waals surface area contributed by atoms with E-state index in [2.05, 4.69) is 10.4 Å². The van der Waals surface area contributed by atoms with Crippen LogP contribution in [-0.2, 0) is 17.1 Å². The highest BCUT2D eigenvalue weighted by Gasteiger charge is 2.43. The standard InChI is InChI=1S/C11H17ClN4O2S/c1-15-11(9(12)6-14-15)19(17,18)16-4-2-3-8-5-13-7-10(8)16/h6,8,10,13H,2-5,7H2,1H3. The lowest BCUT2D eigenvalue weighted by Gasteiger charge is -2.35. The third-order valence-corrected chi connectivity index (χ3v) is 6.46. The number of piperidine rings is 1. The minimum atomic E-state index is -3.57. The van der Waals surface area contributed by atoms with Crippen molar-refractivity contribution < 1.29 is 8.42 Å². The summed E-state index contributed by atoms with van der Waals surface area (Å²) in [5.74, 6) is 0.413. The largest absolute Gasteiger partial charge is 0.315 e. The topological polar surface area (TPSA) is 67.2 Å². The lowest BCUT2D eigenvalue weighted by Crippen LogP contribution is -2.48. The van der Waals surface area contributed by atoms with E-state index in [1.54, 1.807) is 11.4 Å². The van der Waals surface area contributed by atoms with E-state index in [4.69, 9.17) is 11.6 Å². The van der Waals surface area contributed by atoms with Gasteiger partial charge in [-0.2, -0.15) is 9.40 Å². The number of fused-ring (bicyclic) bond motifs is 1. The van der Waals surface area contributed by atoms with E-state index in [-0.39, 0.29) is 16.1 Å². The predicted molar refractivity (Wildman–Crippen MR) is 71.5 cm³/mol. The fourth-order valence-electron chi connectivity index (χ4n) is 3.13. The Morgan fingerprint density at radius 3 is 2.95 bits per heavy atom. The quantitative estimate of drug-likeness (QED) is 0.861. The Morgan fingerprint density at radius 2 is 2.26 bits per heavy atom. The first-order valence-electron chi connectivity index (χ1n) is 6.42. The van der Waals surface area contributed by atoms with E-state index >= 15 is 0 Å². The molecule has 2 aliphatic heterocycles. The normalized spacial score (nSPS) is 28.5. The highest BCUT2D eigenvalue weighted by molar-refractivity contribution is 7.89. The lowest BCUT2D eigenvalue weighted by molar-refractivity contribution is 0.216. The maximum absolute atomic E-state index is 12.8. The van der Waals surface area contributed by atoms with Gasteiger partial charge in [0.2, 0.25) is 0 Å². The number of aromatic nitrogens is 2. The van der Waals surface area contributed by atoms with Crippen molar-refractivity contribution >= 4 is 21.6 Å². The second-order valence-corrected chi connectivity index (χ2v) is 7.38. The Labute approximate surface area is 117 Å². The molecule has 6 nitrogen and oxygen atoms in total. The number of sulfonamides is 1. The molecule has 0 spiro atoms. The number of hydrogen-bond acceptors (Lipinski definition) is 4. The second-order valence-electron chi connectivity index (χ2n) is 5.16. The number of rotatable bonds is 2. The zero-order valence-electron chi connectivity index (χ0n) is 10.7. The Bertz CT molecular complexity index is 566. The molecular formula is C11H17ClN4O2S. The van der Waals surface area contributed by atoms with Gasteiger partial charge in [0.15, 0.2) is 5.03 Å². The SMILES string of the molecule is Cn1ncc(Cl)c1S(=O)(=O)N1CCCC2CNCC21. The first-order chi connectivity index (χ1) is 9.01. The molecule has 2 saturated heterocycles. The van der Waals surface area contributed by atoms with Crippen molar-refractivity contribution in [1.29, 1.82) is 0 Å². The molecule has 0 aromatic carbocycles. The van der Waals surface area contributed by atoms with E-state index < -0.39 is 10.0 Å². The molecule has 106 valence electrons. The molecule has 3 rings (SSSR count). The fraction of sp³-hybridized carbons (Fsp3) is 0.727. The molecule has 0 amide bonds. The van der Waals surface area contributed by atoms with Crippen LogP contribution in [0.3, 0.4) is 0 Å². The number of halogens is 1. The molecule has 2 aliphatic rings. The van der Waals surface area contributed by atoms with Crippen molar-refractivity contribution in [2.75, 3.05) is 19.6 Å². The average molecular weight is 305 g/mol. The third kappa shape index (κ3) is 2.08. The number of nitrogens with zero attached hydrogens (tertiary/aromatic N) is 3. The van der Waals surface area contributed by atoms with Crippen LogP contribution >= 0.6 is 11.6 Å². The van der Waals surface area contributed by atoms with Crippen LogP contribution in [0.1, 0.15) is 12.8 Å². The van der Waals surface area contributed by atoms with Gasteiger partial charge in [0.25, 0.3) is 10.0 Å². The van der Waals surface area contributed by atoms with E-state index in [0.29, 0.717) is 12.5 Å². The van der Waals surface area contributed by atoms with E-state index in [9.17, 15) is 8.42 Å². The van der Waals surface area contributed by atoms with Crippen molar-refractivity contribution in [3.05, 3.63) is 11.2 Å². The summed E-state index contributed by atoms with van der Waals surface area (Å²) in [5, 5.41) is 7.49. The van der Waals surface area contributed by atoms with Gasteiger partial charge in [-0.05, 0) is 25.3 Å². The molecule has 3 heterocycles. The lowest BCUT2D eigenvalue weighted by atomic mass is 9.94. The van der Waals surface area contributed by atoms with E-state index in [1.165, 1.54) is 10.9 Å². The average Bonchev–Trinajstić information content (AvgIpc) is 2.95. The molecule has 0 bridgehead atoms. The van der Waals surface area contributed by atoms with Gasteiger partial charge in [0.1, 0.15) is 0 Å². The van der Waals surface area contributed by atoms with Crippen LogP contribution in [0.25, 0.3) is 0 Å². The van der Waals surface area contributed by atoms with Gasteiger partial charge in [-0.1, -0.05) is 11.6 Å². The van der Waals surface area contributed by atoms with Gasteiger partial charge >= 0.3 is 0 Å². The molecule has 2 unspecified atom stereocenters. The highest BCUT2D eigenvalue weighted by atomic mass is 35.5. The number of aryl methyl sites for hydroxylation is 1. The molecular weight excluding hydrogens is 288 g/mol. The summed E-state index contributed by atoms with van der Waals surface area (Å²) in [5.41, 5.74) is 0. The van der Waals surface area contributed by atoms with Gasteiger partial charge in [0.05, 0.1) is 11.2 Å². The summed E-state index contributed by atoms with van der Waals surface area (Å²) < 4.78 is 28.5. The monoisotopic (exact) mass is 304 g/mol. The van der Waals surface area contributed by atoms with Crippen molar-refractivity contribution in [2.45, 2.75) is 23.9 Å². The van der Waals surface area contributed by atoms with Crippen LogP contribution in [-0.4, -0.2) is 48.2 Å². The minimum absolute atomic E-state index is 0.0460. The highest BCUT2D eigenvalue weighted by Crippen LogP contribution is 2.33. The van der Waals surface area contributed by atoms with Gasteiger partial charge in [0, 0.05) is 26.2 Å². The summed E-state index contributed by atoms with van der Waals surface area (Å²) in [6.45, 7) is 2.18. The van der Waals surface area contributed by atoms with Crippen molar-refractivity contribution in [1.82, 2.24) is 19.4 Å². The van der Waals surface area contributed by atoms with Crippen LogP contribution in [0.2, 0.25) is 5.02 Å². The fourth-order valence-corrected chi connectivity index (χ4v) is 5.46. The van der Waals surface area contributed by atoms with Gasteiger partial charge in [-0.15, -0.1) is 0 Å². The Morgan fingerprint density at radius 1 is 1.47 bits per heavy atom. The van der Waals surface area contributed by atoms with Crippen molar-refractivity contribution in [3.8, 4) is 0 Å². The molecule has 0 radical (unpaired) electrons. The predicted octanol–water partition coefficient (Wildman–Crippen LogP) is 0.446. The Balaban J connectivity index is 2.00. The minimum Gasteiger partial charge on any atom is -0.315 e. The zero-order chi connectivity index (χ0) is 13.6. The summed E-state index contributed by atoms with van der Waals surface area (Å²) in [6, 6.07) is 0.0460. The summed E-state index contributed by atoms with van der Waals surface area (Å²) in [6.07, 6.45) is 3.36. The summed E-state index contributed by atoms with van der Waals surface area (Å²) >= 11 is 5.99. The van der Waals surface area contributed by atoms with Crippen molar-refractivity contribution in [2.24, 2.45) is 13.0 Å². The van der Waals surface area contributed by atoms with Crippen LogP contribution in [0.15, 0.2) is 11.2 Å². The number of nitrogens with one attached hydrogen (secondary N) is 1. The first kappa shape index (κ1) is 13.4. The number of hydrogen-bond donors (Lipinski definition) is 1. The molecule has 1 aromatic heterocycles. The Hall–Kier alpha value is -0.630. The van der Waals surface area contributed by atoms with Gasteiger partial charge in [-0.25, -0.2) is 8.42 Å². The van der Waals surface area contributed by atoms with Crippen LogP contribution in [0.5, 0.6) is 0 Å². The molecule has 2 atom stereocenters. The first-order valence-corrected chi connectivity index (χ1v) is 8.23. The summed E-state index contributed by atoms with van der Waals surface area (Å²) in [4.78, 5) is 0. The maximum atomic E-state index is 12.8. The van der Waals surface area contributed by atoms with Gasteiger partial charge < -0.3 is 5.32 Å². The smallest absolute Gasteiger partial charge is 0.262 e. The third-order valence-electron chi connectivity index (χ3n) is 4.02. The molecule has 0 saturated carbocycles.